The average Bonchev–Trinajstić information content (AvgIpc) is 2.11. The Morgan fingerprint density at radius 2 is 2.44 bits per heavy atom. The van der Waals surface area contributed by atoms with Gasteiger partial charge in [0.05, 0.1) is 0 Å². The first-order valence-corrected chi connectivity index (χ1v) is 2.98. The van der Waals surface area contributed by atoms with E-state index in [0.717, 1.165) is 13.1 Å². The molecule has 48 valence electrons. The number of rotatable bonds is 1. The van der Waals surface area contributed by atoms with E-state index in [0.29, 0.717) is 6.01 Å². The van der Waals surface area contributed by atoms with Crippen molar-refractivity contribution in [2.75, 3.05) is 18.0 Å². The molecule has 1 fully saturated rings. The highest BCUT2D eigenvalue weighted by Crippen LogP contribution is 2.15. The van der Waals surface area contributed by atoms with Crippen LogP contribution in [0.4, 0.5) is 6.01 Å². The number of aromatic nitrogens is 2. The van der Waals surface area contributed by atoms with Gasteiger partial charge in [-0.25, -0.2) is 0 Å². The highest BCUT2D eigenvalue weighted by atomic mass is 16.4. The number of nitrogens with zero attached hydrogens (tertiary/aromatic N) is 3. The smallest absolute Gasteiger partial charge is 0.317 e. The molecule has 0 bridgehead atoms. The van der Waals surface area contributed by atoms with E-state index < -0.39 is 0 Å². The third-order valence-electron chi connectivity index (χ3n) is 1.48. The van der Waals surface area contributed by atoms with E-state index in [4.69, 9.17) is 4.42 Å². The van der Waals surface area contributed by atoms with Crippen LogP contribution in [-0.2, 0) is 0 Å². The van der Waals surface area contributed by atoms with E-state index in [1.807, 2.05) is 4.90 Å². The molecule has 0 amide bonds. The second-order valence-electron chi connectivity index (χ2n) is 2.06. The first-order valence-electron chi connectivity index (χ1n) is 2.98. The Hall–Kier alpha value is -1.06. The normalized spacial score (nSPS) is 17.6. The molecule has 0 saturated carbocycles. The zero-order chi connectivity index (χ0) is 6.10. The van der Waals surface area contributed by atoms with Crippen molar-refractivity contribution in [3.63, 3.8) is 0 Å². The number of hydrogen-bond donors (Lipinski definition) is 0. The van der Waals surface area contributed by atoms with Crippen molar-refractivity contribution in [3.8, 4) is 0 Å². The van der Waals surface area contributed by atoms with E-state index >= 15 is 0 Å². The van der Waals surface area contributed by atoms with Crippen LogP contribution in [0.15, 0.2) is 10.8 Å². The molecule has 1 aromatic rings. The Balaban J connectivity index is 2.14. The molecule has 0 N–H and O–H groups in total. The summed E-state index contributed by atoms with van der Waals surface area (Å²) in [7, 11) is 0. The fourth-order valence-electron chi connectivity index (χ4n) is 0.813. The minimum absolute atomic E-state index is 0.654. The highest BCUT2D eigenvalue weighted by Gasteiger charge is 2.17. The van der Waals surface area contributed by atoms with Crippen LogP contribution in [-0.4, -0.2) is 23.3 Å². The molecule has 0 unspecified atom stereocenters. The van der Waals surface area contributed by atoms with Gasteiger partial charge in [-0.2, -0.15) is 0 Å². The maximum absolute atomic E-state index is 4.94. The standard InChI is InChI=1S/C5H7N3O/c1-2-8(3-1)5-7-6-4-9-5/h4H,1-3H2. The molecular formula is C5H7N3O. The summed E-state index contributed by atoms with van der Waals surface area (Å²) in [6, 6.07) is 0.654. The Morgan fingerprint density at radius 3 is 2.89 bits per heavy atom. The molecule has 1 aliphatic rings. The monoisotopic (exact) mass is 125 g/mol. The van der Waals surface area contributed by atoms with Gasteiger partial charge in [0, 0.05) is 13.1 Å². The molecule has 1 saturated heterocycles. The lowest BCUT2D eigenvalue weighted by atomic mass is 10.2. The van der Waals surface area contributed by atoms with Crippen LogP contribution >= 0.6 is 0 Å². The lowest BCUT2D eigenvalue weighted by molar-refractivity contribution is 0.489. The largest absolute Gasteiger partial charge is 0.411 e. The van der Waals surface area contributed by atoms with Gasteiger partial charge in [-0.1, -0.05) is 5.10 Å². The highest BCUT2D eigenvalue weighted by molar-refractivity contribution is 5.26. The molecular weight excluding hydrogens is 118 g/mol. The Morgan fingerprint density at radius 1 is 1.56 bits per heavy atom. The predicted molar refractivity (Wildman–Crippen MR) is 31.1 cm³/mol. The first-order chi connectivity index (χ1) is 4.47. The van der Waals surface area contributed by atoms with E-state index in [2.05, 4.69) is 10.2 Å². The van der Waals surface area contributed by atoms with Crippen LogP contribution in [0.2, 0.25) is 0 Å². The van der Waals surface area contributed by atoms with E-state index in [1.54, 1.807) is 0 Å². The van der Waals surface area contributed by atoms with Gasteiger partial charge in [0.1, 0.15) is 0 Å². The molecule has 2 heterocycles. The molecule has 9 heavy (non-hydrogen) atoms. The Kier molecular flexibility index (Phi) is 0.913. The van der Waals surface area contributed by atoms with Gasteiger partial charge in [0.2, 0.25) is 6.39 Å². The molecule has 2 rings (SSSR count). The average molecular weight is 125 g/mol. The summed E-state index contributed by atoms with van der Waals surface area (Å²) < 4.78 is 4.94. The zero-order valence-electron chi connectivity index (χ0n) is 4.95. The topological polar surface area (TPSA) is 42.2 Å². The molecule has 0 radical (unpaired) electrons. The molecule has 0 spiro atoms. The van der Waals surface area contributed by atoms with Crippen molar-refractivity contribution in [2.24, 2.45) is 0 Å². The second-order valence-corrected chi connectivity index (χ2v) is 2.06. The first kappa shape index (κ1) is 4.78. The summed E-state index contributed by atoms with van der Waals surface area (Å²) in [4.78, 5) is 2.05. The van der Waals surface area contributed by atoms with E-state index in [-0.39, 0.29) is 0 Å². The van der Waals surface area contributed by atoms with Crippen molar-refractivity contribution in [1.82, 2.24) is 10.2 Å². The van der Waals surface area contributed by atoms with Gasteiger partial charge in [-0.05, 0) is 6.42 Å². The van der Waals surface area contributed by atoms with Gasteiger partial charge in [0.15, 0.2) is 0 Å². The quantitative estimate of drug-likeness (QED) is 0.540. The SMILES string of the molecule is c1nnc(N2CCC2)o1. The van der Waals surface area contributed by atoms with Crippen molar-refractivity contribution in [3.05, 3.63) is 6.39 Å². The van der Waals surface area contributed by atoms with Gasteiger partial charge < -0.3 is 9.32 Å². The van der Waals surface area contributed by atoms with Crippen LogP contribution < -0.4 is 4.90 Å². The van der Waals surface area contributed by atoms with Crippen LogP contribution in [0.1, 0.15) is 6.42 Å². The minimum Gasteiger partial charge on any atom is -0.411 e. The van der Waals surface area contributed by atoms with Crippen LogP contribution in [0.25, 0.3) is 0 Å². The van der Waals surface area contributed by atoms with Gasteiger partial charge in [-0.3, -0.25) is 0 Å². The molecule has 0 aliphatic carbocycles. The zero-order valence-corrected chi connectivity index (χ0v) is 4.95. The van der Waals surface area contributed by atoms with Gasteiger partial charge >= 0.3 is 6.01 Å². The third kappa shape index (κ3) is 0.667. The van der Waals surface area contributed by atoms with Crippen molar-refractivity contribution < 1.29 is 4.42 Å². The summed E-state index contributed by atoms with van der Waals surface area (Å²) in [5, 5.41) is 7.31. The summed E-state index contributed by atoms with van der Waals surface area (Å²) in [5.74, 6) is 0. The van der Waals surface area contributed by atoms with Crippen molar-refractivity contribution in [2.45, 2.75) is 6.42 Å². The van der Waals surface area contributed by atoms with Crippen LogP contribution in [0.5, 0.6) is 0 Å². The molecule has 1 aromatic heterocycles. The van der Waals surface area contributed by atoms with Gasteiger partial charge in [0.25, 0.3) is 0 Å². The van der Waals surface area contributed by atoms with Crippen LogP contribution in [0, 0.1) is 0 Å². The molecule has 0 aromatic carbocycles. The number of hydrogen-bond acceptors (Lipinski definition) is 4. The van der Waals surface area contributed by atoms with Crippen molar-refractivity contribution in [1.29, 1.82) is 0 Å². The minimum atomic E-state index is 0.654. The molecule has 4 nitrogen and oxygen atoms in total. The maximum Gasteiger partial charge on any atom is 0.317 e. The number of anilines is 1. The molecule has 0 atom stereocenters. The summed E-state index contributed by atoms with van der Waals surface area (Å²) >= 11 is 0. The summed E-state index contributed by atoms with van der Waals surface area (Å²) in [6.45, 7) is 2.12. The summed E-state index contributed by atoms with van der Waals surface area (Å²) in [5.41, 5.74) is 0. The second kappa shape index (κ2) is 1.72. The summed E-state index contributed by atoms with van der Waals surface area (Å²) in [6.07, 6.45) is 2.59. The van der Waals surface area contributed by atoms with E-state index in [9.17, 15) is 0 Å². The lowest BCUT2D eigenvalue weighted by Gasteiger charge is -2.28. The van der Waals surface area contributed by atoms with Crippen LogP contribution in [0.3, 0.4) is 0 Å². The van der Waals surface area contributed by atoms with Crippen molar-refractivity contribution >= 4 is 6.01 Å². The predicted octanol–water partition coefficient (Wildman–Crippen LogP) is 0.280. The van der Waals surface area contributed by atoms with Gasteiger partial charge in [-0.15, -0.1) is 5.10 Å². The maximum atomic E-state index is 4.94. The molecule has 1 aliphatic heterocycles. The fourth-order valence-corrected chi connectivity index (χ4v) is 0.813. The fraction of sp³-hybridized carbons (Fsp3) is 0.600. The van der Waals surface area contributed by atoms with E-state index in [1.165, 1.54) is 12.8 Å². The molecule has 4 heteroatoms. The third-order valence-corrected chi connectivity index (χ3v) is 1.48. The lowest BCUT2D eigenvalue weighted by Crippen LogP contribution is -2.37. The Bertz CT molecular complexity index is 180. The Labute approximate surface area is 52.5 Å².